The molecule has 84 valence electrons. The predicted octanol–water partition coefficient (Wildman–Crippen LogP) is 2.77. The molecule has 1 atom stereocenters. The van der Waals surface area contributed by atoms with Crippen LogP contribution in [0.15, 0.2) is 0 Å². The minimum Gasteiger partial charge on any atom is -0.465 e. The first-order chi connectivity index (χ1) is 6.23. The van der Waals surface area contributed by atoms with Crippen molar-refractivity contribution in [2.24, 2.45) is 11.8 Å². The third kappa shape index (κ3) is 5.83. The van der Waals surface area contributed by atoms with Crippen LogP contribution in [-0.4, -0.2) is 18.8 Å². The van der Waals surface area contributed by atoms with Gasteiger partial charge < -0.3 is 4.74 Å². The topological polar surface area (TPSA) is 26.3 Å². The summed E-state index contributed by atoms with van der Waals surface area (Å²) in [5, 5.41) is 0. The molecule has 0 spiro atoms. The first-order valence-corrected chi connectivity index (χ1v) is 4.45. The maximum Gasteiger partial charge on any atom is 0.392 e. The van der Waals surface area contributed by atoms with E-state index in [0.29, 0.717) is 0 Å². The number of ether oxygens (including phenoxy) is 1. The van der Waals surface area contributed by atoms with Crippen LogP contribution in [0.3, 0.4) is 0 Å². The molecular weight excluding hydrogens is 197 g/mol. The zero-order chi connectivity index (χ0) is 11.4. The highest BCUT2D eigenvalue weighted by atomic mass is 19.4. The number of alkyl halides is 3. The van der Waals surface area contributed by atoms with E-state index in [4.69, 9.17) is 0 Å². The van der Waals surface area contributed by atoms with Gasteiger partial charge in [-0.2, -0.15) is 13.2 Å². The largest absolute Gasteiger partial charge is 0.465 e. The second-order valence-electron chi connectivity index (χ2n) is 3.72. The lowest BCUT2D eigenvalue weighted by atomic mass is 10.1. The highest BCUT2D eigenvalue weighted by Gasteiger charge is 2.37. The van der Waals surface area contributed by atoms with Crippen LogP contribution in [0.1, 0.15) is 27.2 Å². The lowest BCUT2D eigenvalue weighted by molar-refractivity contribution is -0.180. The highest BCUT2D eigenvalue weighted by Crippen LogP contribution is 2.28. The Morgan fingerprint density at radius 2 is 1.79 bits per heavy atom. The van der Waals surface area contributed by atoms with E-state index in [1.54, 1.807) is 0 Å². The monoisotopic (exact) mass is 212 g/mol. The Labute approximate surface area is 81.4 Å². The predicted molar refractivity (Wildman–Crippen MR) is 45.6 cm³/mol. The average Bonchev–Trinajstić information content (AvgIpc) is 1.99. The molecule has 0 aromatic heterocycles. The van der Waals surface area contributed by atoms with Crippen molar-refractivity contribution in [2.75, 3.05) is 6.61 Å². The summed E-state index contributed by atoms with van der Waals surface area (Å²) in [6.07, 6.45) is -4.92. The van der Waals surface area contributed by atoms with Crippen molar-refractivity contribution in [3.8, 4) is 0 Å². The standard InChI is InChI=1S/C9H15F3O2/c1-6(2)5-14-8(13)4-7(3)9(10,11)12/h6-7H,4-5H2,1-3H3. The lowest BCUT2D eigenvalue weighted by Gasteiger charge is -2.15. The Balaban J connectivity index is 3.84. The Bertz CT molecular complexity index is 187. The summed E-state index contributed by atoms with van der Waals surface area (Å²) >= 11 is 0. The van der Waals surface area contributed by atoms with Crippen LogP contribution in [0, 0.1) is 11.8 Å². The number of rotatable bonds is 4. The molecule has 0 aromatic carbocycles. The van der Waals surface area contributed by atoms with E-state index in [1.807, 2.05) is 13.8 Å². The number of hydrogen-bond donors (Lipinski definition) is 0. The zero-order valence-electron chi connectivity index (χ0n) is 8.52. The van der Waals surface area contributed by atoms with Crippen LogP contribution in [0.5, 0.6) is 0 Å². The third-order valence-electron chi connectivity index (χ3n) is 1.61. The van der Waals surface area contributed by atoms with Gasteiger partial charge in [-0.1, -0.05) is 20.8 Å². The molecule has 0 rings (SSSR count). The molecule has 0 aliphatic carbocycles. The Morgan fingerprint density at radius 1 is 1.29 bits per heavy atom. The maximum atomic E-state index is 12.0. The van der Waals surface area contributed by atoms with Crippen LogP contribution >= 0.6 is 0 Å². The van der Waals surface area contributed by atoms with Crippen molar-refractivity contribution in [3.63, 3.8) is 0 Å². The van der Waals surface area contributed by atoms with Gasteiger partial charge >= 0.3 is 12.1 Å². The van der Waals surface area contributed by atoms with Crippen LogP contribution < -0.4 is 0 Å². The van der Waals surface area contributed by atoms with Crippen LogP contribution in [0.2, 0.25) is 0 Å². The van der Waals surface area contributed by atoms with E-state index in [9.17, 15) is 18.0 Å². The summed E-state index contributed by atoms with van der Waals surface area (Å²) in [6, 6.07) is 0. The van der Waals surface area contributed by atoms with Crippen LogP contribution in [0.4, 0.5) is 13.2 Å². The van der Waals surface area contributed by atoms with Gasteiger partial charge in [0.15, 0.2) is 0 Å². The molecule has 0 aliphatic heterocycles. The van der Waals surface area contributed by atoms with Crippen LogP contribution in [-0.2, 0) is 9.53 Å². The van der Waals surface area contributed by atoms with E-state index < -0.39 is 24.5 Å². The van der Waals surface area contributed by atoms with Gasteiger partial charge in [-0.3, -0.25) is 4.79 Å². The quantitative estimate of drug-likeness (QED) is 0.670. The Hall–Kier alpha value is -0.740. The molecule has 0 heterocycles. The molecular formula is C9H15F3O2. The van der Waals surface area contributed by atoms with Gasteiger partial charge in [-0.15, -0.1) is 0 Å². The fraction of sp³-hybridized carbons (Fsp3) is 0.889. The van der Waals surface area contributed by atoms with E-state index in [1.165, 1.54) is 0 Å². The summed E-state index contributed by atoms with van der Waals surface area (Å²) in [4.78, 5) is 10.9. The van der Waals surface area contributed by atoms with E-state index in [0.717, 1.165) is 6.92 Å². The van der Waals surface area contributed by atoms with Gasteiger partial charge in [-0.05, 0) is 5.92 Å². The minimum absolute atomic E-state index is 0.139. The fourth-order valence-corrected chi connectivity index (χ4v) is 0.684. The summed E-state index contributed by atoms with van der Waals surface area (Å²) in [5.41, 5.74) is 0. The molecule has 0 saturated carbocycles. The van der Waals surface area contributed by atoms with Crippen molar-refractivity contribution in [3.05, 3.63) is 0 Å². The molecule has 5 heteroatoms. The summed E-state index contributed by atoms with van der Waals surface area (Å²) in [7, 11) is 0. The second-order valence-corrected chi connectivity index (χ2v) is 3.72. The Kier molecular flexibility index (Phi) is 4.94. The van der Waals surface area contributed by atoms with Crippen LogP contribution in [0.25, 0.3) is 0 Å². The SMILES string of the molecule is CC(C)COC(=O)CC(C)C(F)(F)F. The molecule has 1 unspecified atom stereocenters. The van der Waals surface area contributed by atoms with Gasteiger partial charge in [-0.25, -0.2) is 0 Å². The molecule has 0 saturated heterocycles. The lowest BCUT2D eigenvalue weighted by Crippen LogP contribution is -2.24. The molecule has 14 heavy (non-hydrogen) atoms. The van der Waals surface area contributed by atoms with Crippen molar-refractivity contribution < 1.29 is 22.7 Å². The molecule has 0 fully saturated rings. The maximum absolute atomic E-state index is 12.0. The second kappa shape index (κ2) is 5.22. The number of hydrogen-bond acceptors (Lipinski definition) is 2. The van der Waals surface area contributed by atoms with Gasteiger partial charge in [0.2, 0.25) is 0 Å². The van der Waals surface area contributed by atoms with Crippen molar-refractivity contribution in [1.29, 1.82) is 0 Å². The third-order valence-corrected chi connectivity index (χ3v) is 1.61. The minimum atomic E-state index is -4.32. The van der Waals surface area contributed by atoms with Gasteiger partial charge in [0.25, 0.3) is 0 Å². The summed E-state index contributed by atoms with van der Waals surface area (Å²) in [5.74, 6) is -2.29. The first kappa shape index (κ1) is 13.3. The van der Waals surface area contributed by atoms with Crippen molar-refractivity contribution in [2.45, 2.75) is 33.4 Å². The number of carbonyl (C=O) groups excluding carboxylic acids is 1. The molecule has 0 aromatic rings. The van der Waals surface area contributed by atoms with Gasteiger partial charge in [0, 0.05) is 0 Å². The molecule has 0 N–H and O–H groups in total. The van der Waals surface area contributed by atoms with E-state index in [-0.39, 0.29) is 12.5 Å². The smallest absolute Gasteiger partial charge is 0.392 e. The van der Waals surface area contributed by atoms with Gasteiger partial charge in [0.1, 0.15) is 0 Å². The summed E-state index contributed by atoms with van der Waals surface area (Å²) in [6.45, 7) is 4.78. The zero-order valence-corrected chi connectivity index (χ0v) is 8.52. The van der Waals surface area contributed by atoms with E-state index in [2.05, 4.69) is 4.74 Å². The fourth-order valence-electron chi connectivity index (χ4n) is 0.684. The number of halogens is 3. The number of carbonyl (C=O) groups is 1. The van der Waals surface area contributed by atoms with Crippen molar-refractivity contribution >= 4 is 5.97 Å². The molecule has 0 bridgehead atoms. The normalized spacial score (nSPS) is 14.2. The molecule has 0 amide bonds. The number of esters is 1. The summed E-state index contributed by atoms with van der Waals surface area (Å²) < 4.78 is 40.6. The Morgan fingerprint density at radius 3 is 2.14 bits per heavy atom. The first-order valence-electron chi connectivity index (χ1n) is 4.45. The highest BCUT2D eigenvalue weighted by molar-refractivity contribution is 5.69. The van der Waals surface area contributed by atoms with Gasteiger partial charge in [0.05, 0.1) is 18.9 Å². The molecule has 2 nitrogen and oxygen atoms in total. The van der Waals surface area contributed by atoms with E-state index >= 15 is 0 Å². The molecule has 0 aliphatic rings. The average molecular weight is 212 g/mol. The molecule has 0 radical (unpaired) electrons. The van der Waals surface area contributed by atoms with Crippen molar-refractivity contribution in [1.82, 2.24) is 0 Å².